The average molecular weight is 330 g/mol. The van der Waals surface area contributed by atoms with Gasteiger partial charge in [-0.3, -0.25) is 4.79 Å². The van der Waals surface area contributed by atoms with Crippen LogP contribution in [-0.4, -0.2) is 24.1 Å². The van der Waals surface area contributed by atoms with E-state index in [1.807, 2.05) is 32.0 Å². The lowest BCUT2D eigenvalue weighted by Gasteiger charge is -2.16. The molecule has 6 heteroatoms. The van der Waals surface area contributed by atoms with E-state index in [1.165, 1.54) is 0 Å². The second-order valence-electron chi connectivity index (χ2n) is 5.83. The Morgan fingerprint density at radius 1 is 1.29 bits per heavy atom. The molecule has 0 radical (unpaired) electrons. The number of benzene rings is 1. The molecule has 128 valence electrons. The number of aryl methyl sites for hydroxylation is 2. The molecule has 2 aromatic rings. The van der Waals surface area contributed by atoms with Crippen molar-refractivity contribution in [1.29, 1.82) is 0 Å². The van der Waals surface area contributed by atoms with Crippen LogP contribution in [0.1, 0.15) is 54.0 Å². The first-order valence-corrected chi connectivity index (χ1v) is 8.25. The number of carbonyl (C=O) groups is 1. The number of hydrogen-bond acceptors (Lipinski definition) is 5. The van der Waals surface area contributed by atoms with Gasteiger partial charge in [0.05, 0.1) is 24.9 Å². The molecule has 0 saturated carbocycles. The normalized spacial score (nSPS) is 14.8. The molecule has 1 aromatic heterocycles. The zero-order valence-corrected chi connectivity index (χ0v) is 14.2. The second kappa shape index (κ2) is 6.95. The molecule has 1 N–H and O–H groups in total. The quantitative estimate of drug-likeness (QED) is 0.932. The van der Waals surface area contributed by atoms with Crippen molar-refractivity contribution >= 4 is 5.91 Å². The molecule has 0 bridgehead atoms. The molecule has 1 atom stereocenters. The summed E-state index contributed by atoms with van der Waals surface area (Å²) < 4.78 is 16.8. The van der Waals surface area contributed by atoms with E-state index < -0.39 is 0 Å². The van der Waals surface area contributed by atoms with E-state index in [0.29, 0.717) is 31.2 Å². The smallest absolute Gasteiger partial charge is 0.289 e. The number of rotatable bonds is 4. The summed E-state index contributed by atoms with van der Waals surface area (Å²) in [6.07, 6.45) is 1.52. The van der Waals surface area contributed by atoms with Crippen LogP contribution in [0.25, 0.3) is 0 Å². The third-order valence-electron chi connectivity index (χ3n) is 3.97. The molecule has 1 amide bonds. The van der Waals surface area contributed by atoms with Crippen molar-refractivity contribution < 1.29 is 18.7 Å². The van der Waals surface area contributed by atoms with Gasteiger partial charge in [0, 0.05) is 12.8 Å². The highest BCUT2D eigenvalue weighted by atomic mass is 16.5. The Bertz CT molecular complexity index is 739. The van der Waals surface area contributed by atoms with Crippen LogP contribution in [0.5, 0.6) is 11.5 Å². The molecular formula is C18H22N2O4. The summed E-state index contributed by atoms with van der Waals surface area (Å²) in [5.41, 5.74) is 1.55. The number of ether oxygens (including phenoxy) is 2. The van der Waals surface area contributed by atoms with Gasteiger partial charge in [-0.2, -0.15) is 0 Å². The predicted molar refractivity (Wildman–Crippen MR) is 88.5 cm³/mol. The third-order valence-corrected chi connectivity index (χ3v) is 3.97. The minimum absolute atomic E-state index is 0.191. The summed E-state index contributed by atoms with van der Waals surface area (Å²) in [7, 11) is 0. The fraction of sp³-hybridized carbons (Fsp3) is 0.444. The molecule has 0 saturated heterocycles. The van der Waals surface area contributed by atoms with E-state index in [9.17, 15) is 4.79 Å². The van der Waals surface area contributed by atoms with Crippen molar-refractivity contribution in [2.24, 2.45) is 0 Å². The van der Waals surface area contributed by atoms with E-state index in [4.69, 9.17) is 13.9 Å². The van der Waals surface area contributed by atoms with Crippen molar-refractivity contribution in [3.8, 4) is 11.5 Å². The summed E-state index contributed by atoms with van der Waals surface area (Å²) in [4.78, 5) is 16.7. The number of nitrogens with one attached hydrogen (secondary N) is 1. The van der Waals surface area contributed by atoms with E-state index in [1.54, 1.807) is 6.92 Å². The lowest BCUT2D eigenvalue weighted by atomic mass is 10.1. The van der Waals surface area contributed by atoms with Gasteiger partial charge in [0.1, 0.15) is 0 Å². The SMILES string of the molecule is CCc1nc(C)c(C(=O)N[C@@H](C)c2ccc3c(c2)OCCCO3)o1. The molecule has 0 spiro atoms. The number of hydrogen-bond donors (Lipinski definition) is 1. The van der Waals surface area contributed by atoms with Crippen LogP contribution in [0, 0.1) is 6.92 Å². The Balaban J connectivity index is 1.74. The van der Waals surface area contributed by atoms with Gasteiger partial charge in [-0.25, -0.2) is 4.98 Å². The van der Waals surface area contributed by atoms with E-state index in [2.05, 4.69) is 10.3 Å². The molecule has 3 rings (SSSR count). The van der Waals surface area contributed by atoms with Crippen molar-refractivity contribution in [2.75, 3.05) is 13.2 Å². The maximum atomic E-state index is 12.4. The maximum absolute atomic E-state index is 12.4. The molecular weight excluding hydrogens is 308 g/mol. The number of aromatic nitrogens is 1. The van der Waals surface area contributed by atoms with Crippen LogP contribution < -0.4 is 14.8 Å². The average Bonchev–Trinajstić information content (AvgIpc) is 2.80. The van der Waals surface area contributed by atoms with Crippen LogP contribution >= 0.6 is 0 Å². The number of nitrogens with zero attached hydrogens (tertiary/aromatic N) is 1. The molecule has 0 unspecified atom stereocenters. The van der Waals surface area contributed by atoms with Gasteiger partial charge < -0.3 is 19.2 Å². The van der Waals surface area contributed by atoms with Gasteiger partial charge in [0.25, 0.3) is 5.91 Å². The minimum atomic E-state index is -0.265. The van der Waals surface area contributed by atoms with E-state index in [-0.39, 0.29) is 17.7 Å². The fourth-order valence-electron chi connectivity index (χ4n) is 2.61. The standard InChI is InChI=1S/C18H22N2O4/c1-4-16-19-12(3)17(24-16)18(21)20-11(2)13-6-7-14-15(10-13)23-9-5-8-22-14/h6-7,10-11H,4-5,8-9H2,1-3H3,(H,20,21)/t11-/m0/s1. The summed E-state index contributed by atoms with van der Waals surface area (Å²) >= 11 is 0. The number of carbonyl (C=O) groups excluding carboxylic acids is 1. The summed E-state index contributed by atoms with van der Waals surface area (Å²) in [5, 5.41) is 2.94. The van der Waals surface area contributed by atoms with E-state index >= 15 is 0 Å². The maximum Gasteiger partial charge on any atom is 0.289 e. The summed E-state index contributed by atoms with van der Waals surface area (Å²) in [6, 6.07) is 5.54. The Morgan fingerprint density at radius 3 is 2.75 bits per heavy atom. The van der Waals surface area contributed by atoms with Gasteiger partial charge in [-0.05, 0) is 31.5 Å². The third kappa shape index (κ3) is 3.37. The Kier molecular flexibility index (Phi) is 4.74. The molecule has 0 aliphatic carbocycles. The van der Waals surface area contributed by atoms with Crippen molar-refractivity contribution in [3.05, 3.63) is 41.1 Å². The van der Waals surface area contributed by atoms with Crippen LogP contribution in [0.15, 0.2) is 22.6 Å². The van der Waals surface area contributed by atoms with Crippen molar-refractivity contribution in [3.63, 3.8) is 0 Å². The van der Waals surface area contributed by atoms with Gasteiger partial charge in [0.15, 0.2) is 17.4 Å². The zero-order valence-electron chi connectivity index (χ0n) is 14.2. The topological polar surface area (TPSA) is 73.6 Å². The summed E-state index contributed by atoms with van der Waals surface area (Å²) in [6.45, 7) is 6.92. The number of fused-ring (bicyclic) bond motifs is 1. The van der Waals surface area contributed by atoms with Crippen LogP contribution in [0.3, 0.4) is 0 Å². The minimum Gasteiger partial charge on any atom is -0.490 e. The zero-order chi connectivity index (χ0) is 17.1. The first-order chi connectivity index (χ1) is 11.6. The molecule has 1 aromatic carbocycles. The lowest BCUT2D eigenvalue weighted by molar-refractivity contribution is 0.0909. The first-order valence-electron chi connectivity index (χ1n) is 8.25. The fourth-order valence-corrected chi connectivity index (χ4v) is 2.61. The Labute approximate surface area is 141 Å². The monoisotopic (exact) mass is 330 g/mol. The molecule has 6 nitrogen and oxygen atoms in total. The Hall–Kier alpha value is -2.50. The summed E-state index contributed by atoms with van der Waals surface area (Å²) in [5.74, 6) is 2.04. The van der Waals surface area contributed by atoms with Gasteiger partial charge >= 0.3 is 0 Å². The van der Waals surface area contributed by atoms with Gasteiger partial charge in [-0.1, -0.05) is 13.0 Å². The highest BCUT2D eigenvalue weighted by Gasteiger charge is 2.20. The number of oxazole rings is 1. The van der Waals surface area contributed by atoms with Crippen LogP contribution in [0.4, 0.5) is 0 Å². The molecule has 2 heterocycles. The van der Waals surface area contributed by atoms with Crippen LogP contribution in [-0.2, 0) is 6.42 Å². The highest BCUT2D eigenvalue weighted by Crippen LogP contribution is 2.32. The number of amides is 1. The molecule has 0 fully saturated rings. The lowest BCUT2D eigenvalue weighted by Crippen LogP contribution is -2.26. The van der Waals surface area contributed by atoms with Crippen molar-refractivity contribution in [1.82, 2.24) is 10.3 Å². The van der Waals surface area contributed by atoms with Gasteiger partial charge in [-0.15, -0.1) is 0 Å². The largest absolute Gasteiger partial charge is 0.490 e. The predicted octanol–water partition coefficient (Wildman–Crippen LogP) is 3.20. The molecule has 1 aliphatic heterocycles. The van der Waals surface area contributed by atoms with Gasteiger partial charge in [0.2, 0.25) is 5.76 Å². The van der Waals surface area contributed by atoms with Crippen LogP contribution in [0.2, 0.25) is 0 Å². The molecule has 24 heavy (non-hydrogen) atoms. The Morgan fingerprint density at radius 2 is 2.04 bits per heavy atom. The van der Waals surface area contributed by atoms with E-state index in [0.717, 1.165) is 23.5 Å². The first kappa shape index (κ1) is 16.4. The molecule has 1 aliphatic rings. The second-order valence-corrected chi connectivity index (χ2v) is 5.83. The highest BCUT2D eigenvalue weighted by molar-refractivity contribution is 5.92. The van der Waals surface area contributed by atoms with Crippen molar-refractivity contribution in [2.45, 2.75) is 39.7 Å².